The van der Waals surface area contributed by atoms with E-state index in [0.29, 0.717) is 0 Å². The number of anilines is 12. The number of methoxy groups -OCH3 is 6. The number of ether oxygens (including phenoxy) is 6. The van der Waals surface area contributed by atoms with Crippen LogP contribution in [0.3, 0.4) is 0 Å². The minimum absolute atomic E-state index is 0.780. The molecule has 0 radical (unpaired) electrons. The normalized spacial score (nSPS) is 10.8. The van der Waals surface area contributed by atoms with E-state index in [9.17, 15) is 0 Å². The first-order valence-corrected chi connectivity index (χ1v) is 24.2. The summed E-state index contributed by atoms with van der Waals surface area (Å²) in [5, 5.41) is 2.18. The van der Waals surface area contributed by atoms with Gasteiger partial charge in [-0.25, -0.2) is 0 Å². The van der Waals surface area contributed by atoms with Crippen molar-refractivity contribution in [2.75, 3.05) is 62.3 Å². The molecule has 0 aliphatic carbocycles. The largest absolute Gasteiger partial charge is 0.497 e. The van der Waals surface area contributed by atoms with Gasteiger partial charge in [-0.1, -0.05) is 12.1 Å². The predicted octanol–water partition coefficient (Wildman–Crippen LogP) is 16.8. The zero-order valence-electron chi connectivity index (χ0n) is 42.2. The molecular weight excluding hydrogens is 921 g/mol. The molecular formula is C64H56N4O6. The van der Waals surface area contributed by atoms with Crippen LogP contribution in [0.25, 0.3) is 10.8 Å². The maximum atomic E-state index is 5.61. The molecule has 74 heavy (non-hydrogen) atoms. The summed E-state index contributed by atoms with van der Waals surface area (Å²) in [6, 6.07) is 79.2. The minimum atomic E-state index is 0.780. The zero-order chi connectivity index (χ0) is 51.0. The van der Waals surface area contributed by atoms with E-state index in [1.165, 1.54) is 0 Å². The third kappa shape index (κ3) is 10.2. The van der Waals surface area contributed by atoms with Crippen molar-refractivity contribution in [2.24, 2.45) is 0 Å². The molecule has 10 aromatic carbocycles. The Labute approximate surface area is 432 Å². The first-order chi connectivity index (χ1) is 36.4. The fourth-order valence-electron chi connectivity index (χ4n) is 9.18. The lowest BCUT2D eigenvalue weighted by Gasteiger charge is -2.29. The quantitative estimate of drug-likeness (QED) is 0.0830. The van der Waals surface area contributed by atoms with E-state index in [1.54, 1.807) is 42.7 Å². The number of fused-ring (bicyclic) bond motifs is 1. The summed E-state index contributed by atoms with van der Waals surface area (Å²) in [6.07, 6.45) is 0. The second-order valence-electron chi connectivity index (χ2n) is 17.3. The molecule has 0 aliphatic rings. The maximum absolute atomic E-state index is 5.61. The van der Waals surface area contributed by atoms with Crippen LogP contribution in [0, 0.1) is 0 Å². The van der Waals surface area contributed by atoms with Gasteiger partial charge in [0.15, 0.2) is 0 Å². The third-order valence-corrected chi connectivity index (χ3v) is 13.0. The van der Waals surface area contributed by atoms with Crippen LogP contribution in [0.1, 0.15) is 0 Å². The average Bonchev–Trinajstić information content (AvgIpc) is 3.47. The van der Waals surface area contributed by atoms with Crippen molar-refractivity contribution in [1.29, 1.82) is 0 Å². The topological polar surface area (TPSA) is 68.3 Å². The summed E-state index contributed by atoms with van der Waals surface area (Å²) in [5.74, 6) is 4.72. The van der Waals surface area contributed by atoms with Crippen molar-refractivity contribution in [3.63, 3.8) is 0 Å². The summed E-state index contributed by atoms with van der Waals surface area (Å²) >= 11 is 0. The molecule has 0 saturated carbocycles. The van der Waals surface area contributed by atoms with Crippen LogP contribution >= 0.6 is 0 Å². The van der Waals surface area contributed by atoms with E-state index < -0.39 is 0 Å². The second kappa shape index (κ2) is 21.8. The van der Waals surface area contributed by atoms with Gasteiger partial charge >= 0.3 is 0 Å². The van der Waals surface area contributed by atoms with Crippen molar-refractivity contribution in [3.8, 4) is 34.5 Å². The van der Waals surface area contributed by atoms with Crippen molar-refractivity contribution in [2.45, 2.75) is 0 Å². The molecule has 0 heterocycles. The maximum Gasteiger partial charge on any atom is 0.119 e. The molecule has 0 aromatic heterocycles. The smallest absolute Gasteiger partial charge is 0.119 e. The van der Waals surface area contributed by atoms with Gasteiger partial charge in [0.25, 0.3) is 0 Å². The third-order valence-electron chi connectivity index (χ3n) is 13.0. The molecule has 0 unspecified atom stereocenters. The molecule has 10 aromatic rings. The highest BCUT2D eigenvalue weighted by Crippen LogP contribution is 2.44. The summed E-state index contributed by atoms with van der Waals surface area (Å²) in [7, 11) is 10.1. The van der Waals surface area contributed by atoms with E-state index in [1.807, 2.05) is 72.8 Å². The summed E-state index contributed by atoms with van der Waals surface area (Å²) in [5.41, 5.74) is 11.9. The highest BCUT2D eigenvalue weighted by Gasteiger charge is 2.20. The number of rotatable bonds is 18. The molecule has 0 N–H and O–H groups in total. The number of hydrogen-bond acceptors (Lipinski definition) is 10. The van der Waals surface area contributed by atoms with Gasteiger partial charge in [-0.2, -0.15) is 0 Å². The van der Waals surface area contributed by atoms with E-state index in [-0.39, 0.29) is 0 Å². The first kappa shape index (κ1) is 48.1. The van der Waals surface area contributed by atoms with Crippen LogP contribution in [0.4, 0.5) is 68.2 Å². The lowest BCUT2D eigenvalue weighted by Crippen LogP contribution is -2.12. The van der Waals surface area contributed by atoms with Crippen LogP contribution in [-0.2, 0) is 0 Å². The van der Waals surface area contributed by atoms with Gasteiger partial charge in [0, 0.05) is 68.2 Å². The minimum Gasteiger partial charge on any atom is -0.497 e. The van der Waals surface area contributed by atoms with Gasteiger partial charge in [0.05, 0.1) is 42.7 Å². The van der Waals surface area contributed by atoms with E-state index >= 15 is 0 Å². The van der Waals surface area contributed by atoms with Crippen molar-refractivity contribution >= 4 is 79.0 Å². The van der Waals surface area contributed by atoms with Gasteiger partial charge in [0.1, 0.15) is 34.5 Å². The number of hydrogen-bond donors (Lipinski definition) is 0. The Morgan fingerprint density at radius 2 is 0.324 bits per heavy atom. The van der Waals surface area contributed by atoms with Crippen LogP contribution in [0.5, 0.6) is 34.5 Å². The van der Waals surface area contributed by atoms with Gasteiger partial charge in [0.2, 0.25) is 0 Å². The molecule has 0 atom stereocenters. The standard InChI is InChI=1S/C64H56N4O6/c1-69-59-31-19-51(20-32-59)65(52-21-33-60(70-2)34-22-52)47-11-15-49(16-12-47)67(55-27-39-63(73-5)40-28-55)57-9-7-45-8-10-58(44-46(45)43-57)68(56-29-41-64(74-6)42-30-56)50-17-13-48(14-18-50)66(53-23-35-61(71-3)36-24-53)54-25-37-62(72-4)38-26-54/h7-44H,1-6H3. The van der Waals surface area contributed by atoms with Gasteiger partial charge in [-0.15, -0.1) is 0 Å². The predicted molar refractivity (Wildman–Crippen MR) is 302 cm³/mol. The van der Waals surface area contributed by atoms with E-state index in [0.717, 1.165) is 114 Å². The van der Waals surface area contributed by atoms with E-state index in [4.69, 9.17) is 28.4 Å². The molecule has 10 nitrogen and oxygen atoms in total. The fourth-order valence-corrected chi connectivity index (χ4v) is 9.18. The summed E-state index contributed by atoms with van der Waals surface area (Å²) in [4.78, 5) is 8.99. The van der Waals surface area contributed by atoms with Gasteiger partial charge in [-0.3, -0.25) is 0 Å². The van der Waals surface area contributed by atoms with Crippen molar-refractivity contribution in [1.82, 2.24) is 0 Å². The second-order valence-corrected chi connectivity index (χ2v) is 17.3. The molecule has 10 heteroatoms. The Bertz CT molecular complexity index is 3100. The lowest BCUT2D eigenvalue weighted by atomic mass is 10.1. The molecule has 10 rings (SSSR count). The van der Waals surface area contributed by atoms with Crippen LogP contribution < -0.4 is 48.0 Å². The molecule has 0 spiro atoms. The molecule has 0 saturated heterocycles. The van der Waals surface area contributed by atoms with Crippen LogP contribution in [0.2, 0.25) is 0 Å². The van der Waals surface area contributed by atoms with Crippen molar-refractivity contribution in [3.05, 3.63) is 231 Å². The molecule has 0 amide bonds. The van der Waals surface area contributed by atoms with E-state index in [2.05, 4.69) is 177 Å². The number of benzene rings is 10. The molecule has 0 bridgehead atoms. The van der Waals surface area contributed by atoms with Crippen molar-refractivity contribution < 1.29 is 28.4 Å². The highest BCUT2D eigenvalue weighted by atomic mass is 16.5. The molecule has 0 fully saturated rings. The average molecular weight is 977 g/mol. The first-order valence-electron chi connectivity index (χ1n) is 24.2. The van der Waals surface area contributed by atoms with Crippen LogP contribution in [-0.4, -0.2) is 42.7 Å². The Balaban J connectivity index is 1.04. The molecule has 368 valence electrons. The molecule has 0 aliphatic heterocycles. The zero-order valence-corrected chi connectivity index (χ0v) is 42.2. The summed E-state index contributed by atoms with van der Waals surface area (Å²) in [6.45, 7) is 0. The van der Waals surface area contributed by atoms with Gasteiger partial charge in [-0.05, 0) is 229 Å². The van der Waals surface area contributed by atoms with Gasteiger partial charge < -0.3 is 48.0 Å². The van der Waals surface area contributed by atoms with Crippen LogP contribution in [0.15, 0.2) is 231 Å². The monoisotopic (exact) mass is 976 g/mol. The fraction of sp³-hybridized carbons (Fsp3) is 0.0938. The highest BCUT2D eigenvalue weighted by molar-refractivity contribution is 5.94. The Morgan fingerprint density at radius 1 is 0.176 bits per heavy atom. The number of nitrogens with zero attached hydrogens (tertiary/aromatic N) is 4. The Morgan fingerprint density at radius 3 is 0.500 bits per heavy atom. The SMILES string of the molecule is COc1ccc(N(c2ccc(OC)cc2)c2ccc(N(c3ccc(OC)cc3)c3ccc4ccc(N(c5ccc(OC)cc5)c5ccc(N(c6ccc(OC)cc6)c6ccc(OC)cc6)cc5)cc4c3)cc2)cc1. The Kier molecular flexibility index (Phi) is 14.2. The Hall–Kier alpha value is -9.54. The summed E-state index contributed by atoms with van der Waals surface area (Å²) < 4.78 is 33.3. The lowest BCUT2D eigenvalue weighted by molar-refractivity contribution is 0.414.